The zero-order valence-corrected chi connectivity index (χ0v) is 17.3. The van der Waals surface area contributed by atoms with E-state index in [0.29, 0.717) is 26.2 Å². The van der Waals surface area contributed by atoms with Gasteiger partial charge in [0.05, 0.1) is 39.0 Å². The summed E-state index contributed by atoms with van der Waals surface area (Å²) in [5.74, 6) is 2.43. The Morgan fingerprint density at radius 1 is 1.17 bits per heavy atom. The van der Waals surface area contributed by atoms with Gasteiger partial charge in [-0.15, -0.1) is 0 Å². The molecule has 3 aromatic rings. The smallest absolute Gasteiger partial charge is 0.227 e. The van der Waals surface area contributed by atoms with Crippen LogP contribution in [0.5, 0.6) is 17.2 Å². The van der Waals surface area contributed by atoms with Gasteiger partial charge in [0.1, 0.15) is 11.3 Å². The van der Waals surface area contributed by atoms with Gasteiger partial charge in [0.2, 0.25) is 5.91 Å². The third-order valence-electron chi connectivity index (χ3n) is 6.07. The van der Waals surface area contributed by atoms with Crippen LogP contribution in [0.15, 0.2) is 41.0 Å². The lowest BCUT2D eigenvalue weighted by molar-refractivity contribution is -0.133. The van der Waals surface area contributed by atoms with Gasteiger partial charge in [-0.3, -0.25) is 4.79 Å². The normalized spacial score (nSPS) is 18.1. The maximum Gasteiger partial charge on any atom is 0.227 e. The lowest BCUT2D eigenvalue weighted by Gasteiger charge is -2.36. The molecule has 0 aliphatic carbocycles. The number of hydrogen-bond donors (Lipinski definition) is 0. The second-order valence-electron chi connectivity index (χ2n) is 7.86. The minimum Gasteiger partial charge on any atom is -0.497 e. The van der Waals surface area contributed by atoms with Crippen LogP contribution >= 0.6 is 0 Å². The van der Waals surface area contributed by atoms with Gasteiger partial charge >= 0.3 is 0 Å². The molecular formula is C24H25NO5. The number of carbonyl (C=O) groups is 1. The van der Waals surface area contributed by atoms with Crippen molar-refractivity contribution in [3.05, 3.63) is 53.3 Å². The Balaban J connectivity index is 1.38. The van der Waals surface area contributed by atoms with Crippen LogP contribution in [0.25, 0.3) is 11.0 Å². The molecule has 6 heteroatoms. The summed E-state index contributed by atoms with van der Waals surface area (Å²) >= 11 is 0. The number of nitrogens with zero attached hydrogens (tertiary/aromatic N) is 1. The van der Waals surface area contributed by atoms with Gasteiger partial charge in [-0.05, 0) is 48.7 Å². The highest BCUT2D eigenvalue weighted by Gasteiger charge is 2.30. The Morgan fingerprint density at radius 3 is 2.77 bits per heavy atom. The Bertz CT molecular complexity index is 1100. The number of fused-ring (bicyclic) bond motifs is 3. The zero-order valence-electron chi connectivity index (χ0n) is 17.3. The van der Waals surface area contributed by atoms with Crippen molar-refractivity contribution in [2.45, 2.75) is 32.2 Å². The molecule has 0 bridgehead atoms. The minimum atomic E-state index is -0.0170. The molecule has 0 fully saturated rings. The monoisotopic (exact) mass is 407 g/mol. The van der Waals surface area contributed by atoms with E-state index < -0.39 is 0 Å². The molecular weight excluding hydrogens is 382 g/mol. The molecule has 2 aliphatic rings. The van der Waals surface area contributed by atoms with Gasteiger partial charge in [-0.25, -0.2) is 0 Å². The van der Waals surface area contributed by atoms with Gasteiger partial charge < -0.3 is 23.5 Å². The first-order chi connectivity index (χ1) is 14.6. The van der Waals surface area contributed by atoms with Crippen molar-refractivity contribution in [1.82, 2.24) is 4.90 Å². The molecule has 5 rings (SSSR count). The summed E-state index contributed by atoms with van der Waals surface area (Å²) in [7, 11) is 1.63. The van der Waals surface area contributed by atoms with Crippen molar-refractivity contribution in [2.75, 3.05) is 26.9 Å². The molecule has 1 amide bonds. The lowest BCUT2D eigenvalue weighted by atomic mass is 9.92. The van der Waals surface area contributed by atoms with E-state index in [1.165, 1.54) is 5.56 Å². The van der Waals surface area contributed by atoms with Crippen molar-refractivity contribution in [3.63, 3.8) is 0 Å². The molecule has 0 saturated carbocycles. The molecule has 2 aliphatic heterocycles. The van der Waals surface area contributed by atoms with E-state index in [-0.39, 0.29) is 11.9 Å². The fourth-order valence-electron chi connectivity index (χ4n) is 4.41. The highest BCUT2D eigenvalue weighted by Crippen LogP contribution is 2.39. The second kappa shape index (κ2) is 7.59. The largest absolute Gasteiger partial charge is 0.497 e. The number of amides is 1. The molecule has 156 valence electrons. The lowest BCUT2D eigenvalue weighted by Crippen LogP contribution is -2.39. The maximum absolute atomic E-state index is 13.2. The Hall–Kier alpha value is -3.15. The van der Waals surface area contributed by atoms with Gasteiger partial charge in [0.15, 0.2) is 11.5 Å². The summed E-state index contributed by atoms with van der Waals surface area (Å²) in [6.07, 6.45) is 3.68. The maximum atomic E-state index is 13.2. The van der Waals surface area contributed by atoms with E-state index >= 15 is 0 Å². The molecule has 0 N–H and O–H groups in total. The van der Waals surface area contributed by atoms with E-state index in [0.717, 1.165) is 52.2 Å². The molecule has 1 unspecified atom stereocenters. The number of benzene rings is 2. The Kier molecular flexibility index (Phi) is 4.77. The predicted molar refractivity (Wildman–Crippen MR) is 112 cm³/mol. The first kappa shape index (κ1) is 18.9. The number of furan rings is 1. The van der Waals surface area contributed by atoms with Crippen LogP contribution in [0.4, 0.5) is 0 Å². The predicted octanol–water partition coefficient (Wildman–Crippen LogP) is 4.29. The number of carbonyl (C=O) groups excluding carboxylic acids is 1. The Morgan fingerprint density at radius 2 is 1.97 bits per heavy atom. The van der Waals surface area contributed by atoms with E-state index in [1.807, 2.05) is 23.1 Å². The first-order valence-electron chi connectivity index (χ1n) is 10.4. The molecule has 0 radical (unpaired) electrons. The van der Waals surface area contributed by atoms with Crippen LogP contribution in [0, 0.1) is 0 Å². The highest BCUT2D eigenvalue weighted by atomic mass is 16.5. The average molecular weight is 407 g/mol. The molecule has 2 aromatic carbocycles. The second-order valence-corrected chi connectivity index (χ2v) is 7.86. The van der Waals surface area contributed by atoms with E-state index in [9.17, 15) is 4.79 Å². The van der Waals surface area contributed by atoms with Crippen molar-refractivity contribution >= 4 is 16.9 Å². The molecule has 6 nitrogen and oxygen atoms in total. The fourth-order valence-corrected chi connectivity index (χ4v) is 4.41. The number of ether oxygens (including phenoxy) is 3. The fraction of sp³-hybridized carbons (Fsp3) is 0.375. The summed E-state index contributed by atoms with van der Waals surface area (Å²) in [6.45, 7) is 4.10. The SMILES string of the molecule is COc1ccc2c(CC(=O)N3CCc4cc5c(cc4C3C)OCCCO5)coc2c1. The third-order valence-corrected chi connectivity index (χ3v) is 6.07. The van der Waals surface area contributed by atoms with Crippen molar-refractivity contribution in [3.8, 4) is 17.2 Å². The van der Waals surface area contributed by atoms with Crippen LogP contribution in [0.3, 0.4) is 0 Å². The first-order valence-corrected chi connectivity index (χ1v) is 10.4. The molecule has 30 heavy (non-hydrogen) atoms. The van der Waals surface area contributed by atoms with E-state index in [2.05, 4.69) is 19.1 Å². The van der Waals surface area contributed by atoms with E-state index in [1.54, 1.807) is 13.4 Å². The summed E-state index contributed by atoms with van der Waals surface area (Å²) in [5.41, 5.74) is 4.00. The zero-order chi connectivity index (χ0) is 20.7. The molecule has 0 spiro atoms. The third kappa shape index (κ3) is 3.26. The van der Waals surface area contributed by atoms with Crippen molar-refractivity contribution in [2.24, 2.45) is 0 Å². The van der Waals surface area contributed by atoms with Crippen LogP contribution in [0.2, 0.25) is 0 Å². The highest BCUT2D eigenvalue weighted by molar-refractivity contribution is 5.88. The van der Waals surface area contributed by atoms with Crippen LogP contribution < -0.4 is 14.2 Å². The van der Waals surface area contributed by atoms with Crippen LogP contribution in [-0.2, 0) is 17.6 Å². The minimum absolute atomic E-state index is 0.0170. The van der Waals surface area contributed by atoms with E-state index in [4.69, 9.17) is 18.6 Å². The van der Waals surface area contributed by atoms with Gasteiger partial charge in [0, 0.05) is 30.0 Å². The van der Waals surface area contributed by atoms with Crippen LogP contribution in [0.1, 0.15) is 36.1 Å². The summed E-state index contributed by atoms with van der Waals surface area (Å²) in [5, 5.41) is 0.949. The number of hydrogen-bond acceptors (Lipinski definition) is 5. The number of rotatable bonds is 3. The summed E-state index contributed by atoms with van der Waals surface area (Å²) in [4.78, 5) is 15.2. The average Bonchev–Trinajstić information content (AvgIpc) is 3.00. The summed E-state index contributed by atoms with van der Waals surface area (Å²) in [6, 6.07) is 9.81. The number of methoxy groups -OCH3 is 1. The quantitative estimate of drug-likeness (QED) is 0.648. The summed E-state index contributed by atoms with van der Waals surface area (Å²) < 4.78 is 22.6. The molecule has 1 aromatic heterocycles. The van der Waals surface area contributed by atoms with Crippen molar-refractivity contribution in [1.29, 1.82) is 0 Å². The Labute approximate surface area is 175 Å². The topological polar surface area (TPSA) is 61.1 Å². The molecule has 0 saturated heterocycles. The molecule has 1 atom stereocenters. The standard InChI is InChI=1S/C24H25NO5/c1-15-20-13-23-22(28-8-3-9-29-23)10-16(20)6-7-25(15)24(26)11-17-14-30-21-12-18(27-2)4-5-19(17)21/h4-5,10,12-15H,3,6-9,11H2,1-2H3. The van der Waals surface area contributed by atoms with Gasteiger partial charge in [-0.1, -0.05) is 0 Å². The van der Waals surface area contributed by atoms with Gasteiger partial charge in [-0.2, -0.15) is 0 Å². The van der Waals surface area contributed by atoms with Crippen LogP contribution in [-0.4, -0.2) is 37.7 Å². The van der Waals surface area contributed by atoms with Crippen molar-refractivity contribution < 1.29 is 23.4 Å². The molecule has 3 heterocycles. The van der Waals surface area contributed by atoms with Gasteiger partial charge in [0.25, 0.3) is 0 Å².